The Morgan fingerprint density at radius 1 is 1.24 bits per heavy atom. The molecule has 118 valence electrons. The highest BCUT2D eigenvalue weighted by Gasteiger charge is 2.32. The summed E-state index contributed by atoms with van der Waals surface area (Å²) in [6, 6.07) is 1.68. The van der Waals surface area contributed by atoms with Crippen molar-refractivity contribution in [3.05, 3.63) is 35.1 Å². The van der Waals surface area contributed by atoms with Gasteiger partial charge in [0.25, 0.3) is 5.91 Å². The molecule has 0 bridgehead atoms. The first-order valence-corrected chi connectivity index (χ1v) is 6.92. The number of halogens is 4. The minimum atomic E-state index is -4.68. The molecule has 0 aliphatic rings. The molecule has 2 nitrogen and oxygen atoms in total. The van der Waals surface area contributed by atoms with Crippen LogP contribution in [0.25, 0.3) is 0 Å². The second-order valence-electron chi connectivity index (χ2n) is 5.10. The maximum Gasteiger partial charge on any atom is 0.416 e. The van der Waals surface area contributed by atoms with E-state index in [2.05, 4.69) is 12.2 Å². The fourth-order valence-electron chi connectivity index (χ4n) is 1.96. The van der Waals surface area contributed by atoms with Gasteiger partial charge in [-0.25, -0.2) is 4.39 Å². The molecule has 0 saturated heterocycles. The van der Waals surface area contributed by atoms with E-state index in [-0.39, 0.29) is 11.6 Å². The molecule has 0 spiro atoms. The molecule has 0 aliphatic carbocycles. The quantitative estimate of drug-likeness (QED) is 0.606. The molecule has 1 aromatic carbocycles. The van der Waals surface area contributed by atoms with E-state index in [9.17, 15) is 22.4 Å². The number of carbonyl (C=O) groups excluding carboxylic acids is 1. The first kappa shape index (κ1) is 17.5. The Hall–Kier alpha value is -1.59. The monoisotopic (exact) mass is 305 g/mol. The Balaban J connectivity index is 2.76. The van der Waals surface area contributed by atoms with Gasteiger partial charge in [-0.3, -0.25) is 4.79 Å². The number of nitrogens with one attached hydrogen (secondary N) is 1. The lowest BCUT2D eigenvalue weighted by Gasteiger charge is -2.15. The van der Waals surface area contributed by atoms with Crippen molar-refractivity contribution in [3.63, 3.8) is 0 Å². The molecule has 1 amide bonds. The van der Waals surface area contributed by atoms with Gasteiger partial charge in [-0.1, -0.05) is 26.2 Å². The first-order chi connectivity index (χ1) is 9.74. The van der Waals surface area contributed by atoms with Crippen LogP contribution in [0.15, 0.2) is 18.2 Å². The molecule has 0 fully saturated rings. The number of hydrogen-bond donors (Lipinski definition) is 1. The number of alkyl halides is 3. The zero-order valence-corrected chi connectivity index (χ0v) is 12.1. The van der Waals surface area contributed by atoms with E-state index in [0.29, 0.717) is 12.1 Å². The van der Waals surface area contributed by atoms with Crippen molar-refractivity contribution in [3.8, 4) is 0 Å². The van der Waals surface area contributed by atoms with E-state index in [1.54, 1.807) is 6.92 Å². The summed E-state index contributed by atoms with van der Waals surface area (Å²) in [6.07, 6.45) is -0.947. The highest BCUT2D eigenvalue weighted by molar-refractivity contribution is 5.94. The van der Waals surface area contributed by atoms with Gasteiger partial charge in [-0.15, -0.1) is 0 Å². The molecule has 1 N–H and O–H groups in total. The summed E-state index contributed by atoms with van der Waals surface area (Å²) in [7, 11) is 0. The Morgan fingerprint density at radius 2 is 1.90 bits per heavy atom. The van der Waals surface area contributed by atoms with Crippen molar-refractivity contribution in [2.24, 2.45) is 0 Å². The summed E-state index contributed by atoms with van der Waals surface area (Å²) < 4.78 is 51.0. The van der Waals surface area contributed by atoms with Crippen molar-refractivity contribution < 1.29 is 22.4 Å². The summed E-state index contributed by atoms with van der Waals surface area (Å²) in [5, 5.41) is 2.59. The zero-order valence-electron chi connectivity index (χ0n) is 12.1. The van der Waals surface area contributed by atoms with Crippen LogP contribution >= 0.6 is 0 Å². The smallest absolute Gasteiger partial charge is 0.350 e. The van der Waals surface area contributed by atoms with Crippen LogP contribution in [0, 0.1) is 5.82 Å². The van der Waals surface area contributed by atoms with E-state index < -0.39 is 23.5 Å². The molecular weight excluding hydrogens is 286 g/mol. The molecule has 6 heteroatoms. The van der Waals surface area contributed by atoms with E-state index in [0.717, 1.165) is 31.7 Å². The van der Waals surface area contributed by atoms with Gasteiger partial charge in [0.15, 0.2) is 0 Å². The van der Waals surface area contributed by atoms with Crippen molar-refractivity contribution >= 4 is 5.91 Å². The third-order valence-corrected chi connectivity index (χ3v) is 3.11. The molecule has 21 heavy (non-hydrogen) atoms. The fourth-order valence-corrected chi connectivity index (χ4v) is 1.96. The predicted octanol–water partition coefficient (Wildman–Crippen LogP) is 4.54. The van der Waals surface area contributed by atoms with Gasteiger partial charge in [-0.2, -0.15) is 13.2 Å². The minimum absolute atomic E-state index is 0.165. The fraction of sp³-hybridized carbons (Fsp3) is 0.533. The molecular formula is C15H19F4NO. The molecule has 0 radical (unpaired) electrons. The molecule has 0 heterocycles. The van der Waals surface area contributed by atoms with Gasteiger partial charge in [0.1, 0.15) is 5.82 Å². The van der Waals surface area contributed by atoms with Crippen LogP contribution in [-0.4, -0.2) is 11.9 Å². The molecule has 1 unspecified atom stereocenters. The highest BCUT2D eigenvalue weighted by Crippen LogP contribution is 2.30. The second kappa shape index (κ2) is 7.43. The Kier molecular flexibility index (Phi) is 6.18. The lowest BCUT2D eigenvalue weighted by Crippen LogP contribution is -2.32. The van der Waals surface area contributed by atoms with Crippen molar-refractivity contribution in [1.82, 2.24) is 5.32 Å². The summed E-state index contributed by atoms with van der Waals surface area (Å²) in [5.74, 6) is -1.77. The van der Waals surface area contributed by atoms with Crippen molar-refractivity contribution in [2.75, 3.05) is 0 Å². The third kappa shape index (κ3) is 5.73. The third-order valence-electron chi connectivity index (χ3n) is 3.11. The second-order valence-corrected chi connectivity index (χ2v) is 5.10. The average molecular weight is 305 g/mol. The summed E-state index contributed by atoms with van der Waals surface area (Å²) in [6.45, 7) is 3.83. The lowest BCUT2D eigenvalue weighted by atomic mass is 10.1. The Bertz CT molecular complexity index is 485. The molecule has 1 aromatic rings. The minimum Gasteiger partial charge on any atom is -0.350 e. The highest BCUT2D eigenvalue weighted by atomic mass is 19.4. The van der Waals surface area contributed by atoms with Gasteiger partial charge in [0.2, 0.25) is 0 Å². The predicted molar refractivity (Wildman–Crippen MR) is 72.5 cm³/mol. The SMILES string of the molecule is CCCCCC(C)NC(=O)c1cc(F)cc(C(F)(F)F)c1. The number of carbonyl (C=O) groups is 1. The molecule has 0 aliphatic heterocycles. The lowest BCUT2D eigenvalue weighted by molar-refractivity contribution is -0.137. The summed E-state index contributed by atoms with van der Waals surface area (Å²) >= 11 is 0. The van der Waals surface area contributed by atoms with Gasteiger partial charge in [0, 0.05) is 11.6 Å². The van der Waals surface area contributed by atoms with Crippen LogP contribution in [0.3, 0.4) is 0 Å². The maximum absolute atomic E-state index is 13.2. The summed E-state index contributed by atoms with van der Waals surface area (Å²) in [4.78, 5) is 11.9. The van der Waals surface area contributed by atoms with Crippen LogP contribution in [0.4, 0.5) is 17.6 Å². The number of unbranched alkanes of at least 4 members (excludes halogenated alkanes) is 2. The molecule has 1 rings (SSSR count). The van der Waals surface area contributed by atoms with Crippen LogP contribution in [0.1, 0.15) is 55.5 Å². The van der Waals surface area contributed by atoms with Crippen LogP contribution in [0.2, 0.25) is 0 Å². The zero-order chi connectivity index (χ0) is 16.0. The normalized spacial score (nSPS) is 13.0. The van der Waals surface area contributed by atoms with Crippen LogP contribution in [0.5, 0.6) is 0 Å². The van der Waals surface area contributed by atoms with Crippen molar-refractivity contribution in [1.29, 1.82) is 0 Å². The van der Waals surface area contributed by atoms with Gasteiger partial charge in [0.05, 0.1) is 5.56 Å². The van der Waals surface area contributed by atoms with E-state index in [4.69, 9.17) is 0 Å². The molecule has 0 aromatic heterocycles. The van der Waals surface area contributed by atoms with Gasteiger partial charge < -0.3 is 5.32 Å². The van der Waals surface area contributed by atoms with E-state index in [1.807, 2.05) is 0 Å². The number of hydrogen-bond acceptors (Lipinski definition) is 1. The average Bonchev–Trinajstić information content (AvgIpc) is 2.37. The standard InChI is InChI=1S/C15H19F4NO/c1-3-4-5-6-10(2)20-14(21)11-7-12(15(17,18)19)9-13(16)8-11/h7-10H,3-6H2,1-2H3,(H,20,21). The number of amides is 1. The van der Waals surface area contributed by atoms with E-state index >= 15 is 0 Å². The van der Waals surface area contributed by atoms with Crippen LogP contribution < -0.4 is 5.32 Å². The van der Waals surface area contributed by atoms with E-state index in [1.165, 1.54) is 0 Å². The molecule has 0 saturated carbocycles. The summed E-state index contributed by atoms with van der Waals surface area (Å²) in [5.41, 5.74) is -1.48. The van der Waals surface area contributed by atoms with Gasteiger partial charge in [-0.05, 0) is 31.5 Å². The number of rotatable bonds is 6. The Labute approximate surface area is 121 Å². The van der Waals surface area contributed by atoms with Gasteiger partial charge >= 0.3 is 6.18 Å². The topological polar surface area (TPSA) is 29.1 Å². The Morgan fingerprint density at radius 3 is 2.48 bits per heavy atom. The molecule has 1 atom stereocenters. The number of benzene rings is 1. The van der Waals surface area contributed by atoms with Crippen molar-refractivity contribution in [2.45, 2.75) is 51.7 Å². The van der Waals surface area contributed by atoms with Crippen LogP contribution in [-0.2, 0) is 6.18 Å². The maximum atomic E-state index is 13.2. The first-order valence-electron chi connectivity index (χ1n) is 6.92. The largest absolute Gasteiger partial charge is 0.416 e.